The van der Waals surface area contributed by atoms with Gasteiger partial charge < -0.3 is 9.64 Å². The van der Waals surface area contributed by atoms with Gasteiger partial charge in [0, 0.05) is 19.2 Å². The van der Waals surface area contributed by atoms with Crippen LogP contribution in [-0.4, -0.2) is 40.9 Å². The highest BCUT2D eigenvalue weighted by Crippen LogP contribution is 2.21. The average Bonchev–Trinajstić information content (AvgIpc) is 2.82. The van der Waals surface area contributed by atoms with E-state index in [0.717, 1.165) is 43.9 Å². The Labute approximate surface area is 138 Å². The van der Waals surface area contributed by atoms with E-state index in [1.807, 2.05) is 0 Å². The fourth-order valence-corrected chi connectivity index (χ4v) is 2.65. The molecule has 1 heterocycles. The molecule has 0 N–H and O–H groups in total. The zero-order chi connectivity index (χ0) is 17.7. The minimum Gasteiger partial charge on any atom is -0.449 e. The van der Waals surface area contributed by atoms with E-state index in [0.29, 0.717) is 13.1 Å². The minimum absolute atomic E-state index is 0.343. The number of carbonyl (C=O) groups is 2. The molecular weight excluding hydrogens is 319 g/mol. The normalized spacial score (nSPS) is 16.2. The molecule has 1 amide bonds. The molecule has 0 aliphatic carbocycles. The number of hydrogen-bond acceptors (Lipinski definition) is 5. The van der Waals surface area contributed by atoms with Gasteiger partial charge in [-0.1, -0.05) is 12.8 Å². The number of esters is 1. The first kappa shape index (κ1) is 17.8. The number of rotatable bonds is 4. The van der Waals surface area contributed by atoms with E-state index >= 15 is 0 Å². The van der Waals surface area contributed by atoms with E-state index in [2.05, 4.69) is 0 Å². The van der Waals surface area contributed by atoms with Gasteiger partial charge in [-0.2, -0.15) is 0 Å². The number of carbonyl (C=O) groups excluding carboxylic acids is 2. The number of amides is 1. The topological polar surface area (TPSA) is 89.7 Å². The molecule has 0 aromatic heterocycles. The van der Waals surface area contributed by atoms with Crippen LogP contribution in [-0.2, 0) is 9.53 Å². The summed E-state index contributed by atoms with van der Waals surface area (Å²) in [6.07, 6.45) is 2.79. The SMILES string of the molecule is C[C@@H](OC(=O)c1cc(F)ccc1[N+](=O)[O-])C(=O)N1CCCCCC1. The third-order valence-corrected chi connectivity index (χ3v) is 3.92. The van der Waals surface area contributed by atoms with E-state index < -0.39 is 34.1 Å². The standard InChI is InChI=1S/C16H19FN2O5/c1-11(15(20)18-8-4-2-3-5-9-18)24-16(21)13-10-12(17)6-7-14(13)19(22)23/h6-7,10-11H,2-5,8-9H2,1H3/t11-/m1/s1. The minimum atomic E-state index is -1.09. The molecule has 1 atom stereocenters. The number of hydrogen-bond donors (Lipinski definition) is 0. The Hall–Kier alpha value is -2.51. The van der Waals surface area contributed by atoms with E-state index in [-0.39, 0.29) is 5.91 Å². The largest absolute Gasteiger partial charge is 0.449 e. The molecule has 0 saturated carbocycles. The molecule has 1 aromatic carbocycles. The second-order valence-corrected chi connectivity index (χ2v) is 5.71. The van der Waals surface area contributed by atoms with Crippen molar-refractivity contribution in [1.82, 2.24) is 4.90 Å². The molecule has 0 unspecified atom stereocenters. The molecular formula is C16H19FN2O5. The summed E-state index contributed by atoms with van der Waals surface area (Å²) in [5, 5.41) is 10.9. The second kappa shape index (κ2) is 7.85. The first-order chi connectivity index (χ1) is 11.4. The van der Waals surface area contributed by atoms with Gasteiger partial charge in [-0.15, -0.1) is 0 Å². The molecule has 1 aliphatic heterocycles. The zero-order valence-corrected chi connectivity index (χ0v) is 13.4. The maximum atomic E-state index is 13.3. The van der Waals surface area contributed by atoms with Crippen molar-refractivity contribution >= 4 is 17.6 Å². The Morgan fingerprint density at radius 3 is 2.46 bits per heavy atom. The van der Waals surface area contributed by atoms with Crippen molar-refractivity contribution in [3.05, 3.63) is 39.7 Å². The number of ether oxygens (including phenoxy) is 1. The fourth-order valence-electron chi connectivity index (χ4n) is 2.65. The van der Waals surface area contributed by atoms with Crippen molar-refractivity contribution in [1.29, 1.82) is 0 Å². The van der Waals surface area contributed by atoms with E-state index in [1.54, 1.807) is 4.90 Å². The molecule has 1 fully saturated rings. The molecule has 8 heteroatoms. The summed E-state index contributed by atoms with van der Waals surface area (Å²) in [5.41, 5.74) is -1.06. The second-order valence-electron chi connectivity index (χ2n) is 5.71. The van der Waals surface area contributed by atoms with Crippen LogP contribution in [0.1, 0.15) is 43.0 Å². The highest BCUT2D eigenvalue weighted by Gasteiger charge is 2.28. The third-order valence-electron chi connectivity index (χ3n) is 3.92. The highest BCUT2D eigenvalue weighted by atomic mass is 19.1. The van der Waals surface area contributed by atoms with Gasteiger partial charge in [0.1, 0.15) is 11.4 Å². The van der Waals surface area contributed by atoms with Crippen LogP contribution in [0.3, 0.4) is 0 Å². The van der Waals surface area contributed by atoms with E-state index in [9.17, 15) is 24.1 Å². The Kier molecular flexibility index (Phi) is 5.83. The predicted octanol–water partition coefficient (Wildman–Crippen LogP) is 2.68. The summed E-state index contributed by atoms with van der Waals surface area (Å²) in [5.74, 6) is -2.22. The van der Waals surface area contributed by atoms with Gasteiger partial charge in [0.15, 0.2) is 6.10 Å². The zero-order valence-electron chi connectivity index (χ0n) is 13.4. The maximum Gasteiger partial charge on any atom is 0.346 e. The Morgan fingerprint density at radius 1 is 1.25 bits per heavy atom. The Bertz CT molecular complexity index is 641. The molecule has 2 rings (SSSR count). The van der Waals surface area contributed by atoms with Crippen molar-refractivity contribution in [2.45, 2.75) is 38.7 Å². The number of benzene rings is 1. The van der Waals surface area contributed by atoms with Crippen LogP contribution >= 0.6 is 0 Å². The van der Waals surface area contributed by atoms with Crippen LogP contribution in [0.25, 0.3) is 0 Å². The molecule has 1 aromatic rings. The van der Waals surface area contributed by atoms with Crippen molar-refractivity contribution in [2.24, 2.45) is 0 Å². The van der Waals surface area contributed by atoms with Crippen LogP contribution in [0.4, 0.5) is 10.1 Å². The summed E-state index contributed by atoms with van der Waals surface area (Å²) in [7, 11) is 0. The predicted molar refractivity (Wildman–Crippen MR) is 83.0 cm³/mol. The van der Waals surface area contributed by atoms with Crippen LogP contribution < -0.4 is 0 Å². The lowest BCUT2D eigenvalue weighted by Gasteiger charge is -2.23. The Balaban J connectivity index is 2.09. The maximum absolute atomic E-state index is 13.3. The van der Waals surface area contributed by atoms with Gasteiger partial charge in [-0.05, 0) is 31.9 Å². The average molecular weight is 338 g/mol. The quantitative estimate of drug-likeness (QED) is 0.478. The summed E-state index contributed by atoms with van der Waals surface area (Å²) in [6, 6.07) is 2.53. The lowest BCUT2D eigenvalue weighted by Crippen LogP contribution is -2.40. The lowest BCUT2D eigenvalue weighted by molar-refractivity contribution is -0.385. The van der Waals surface area contributed by atoms with Gasteiger partial charge in [0.25, 0.3) is 11.6 Å². The first-order valence-electron chi connectivity index (χ1n) is 7.84. The summed E-state index contributed by atoms with van der Waals surface area (Å²) >= 11 is 0. The molecule has 1 aliphatic rings. The third kappa shape index (κ3) is 4.27. The fraction of sp³-hybridized carbons (Fsp3) is 0.500. The van der Waals surface area contributed by atoms with Gasteiger partial charge in [0.2, 0.25) is 0 Å². The smallest absolute Gasteiger partial charge is 0.346 e. The van der Waals surface area contributed by atoms with Crippen LogP contribution in [0, 0.1) is 15.9 Å². The monoisotopic (exact) mass is 338 g/mol. The van der Waals surface area contributed by atoms with Gasteiger partial charge in [-0.3, -0.25) is 14.9 Å². The lowest BCUT2D eigenvalue weighted by atomic mass is 10.1. The van der Waals surface area contributed by atoms with Gasteiger partial charge >= 0.3 is 5.97 Å². The van der Waals surface area contributed by atoms with Gasteiger partial charge in [-0.25, -0.2) is 9.18 Å². The van der Waals surface area contributed by atoms with Crippen LogP contribution in [0.15, 0.2) is 18.2 Å². The van der Waals surface area contributed by atoms with Crippen LogP contribution in [0.5, 0.6) is 0 Å². The molecule has 7 nitrogen and oxygen atoms in total. The highest BCUT2D eigenvalue weighted by molar-refractivity contribution is 5.95. The summed E-state index contributed by atoms with van der Waals surface area (Å²) < 4.78 is 18.3. The Morgan fingerprint density at radius 2 is 1.88 bits per heavy atom. The number of nitro benzene ring substituents is 1. The number of halogens is 1. The molecule has 0 spiro atoms. The van der Waals surface area contributed by atoms with Crippen molar-refractivity contribution in [2.75, 3.05) is 13.1 Å². The molecule has 0 radical (unpaired) electrons. The van der Waals surface area contributed by atoms with Crippen LogP contribution in [0.2, 0.25) is 0 Å². The summed E-state index contributed by atoms with van der Waals surface area (Å²) in [4.78, 5) is 36.2. The molecule has 24 heavy (non-hydrogen) atoms. The first-order valence-corrected chi connectivity index (χ1v) is 7.84. The number of nitrogens with zero attached hydrogens (tertiary/aromatic N) is 2. The summed E-state index contributed by atoms with van der Waals surface area (Å²) in [6.45, 7) is 2.61. The van der Waals surface area contributed by atoms with E-state index in [1.165, 1.54) is 6.92 Å². The van der Waals surface area contributed by atoms with Crippen molar-refractivity contribution in [3.8, 4) is 0 Å². The number of nitro groups is 1. The van der Waals surface area contributed by atoms with E-state index in [4.69, 9.17) is 4.74 Å². The van der Waals surface area contributed by atoms with Crippen molar-refractivity contribution < 1.29 is 23.6 Å². The molecule has 130 valence electrons. The molecule has 0 bridgehead atoms. The molecule has 1 saturated heterocycles. The number of likely N-dealkylation sites (tertiary alicyclic amines) is 1. The van der Waals surface area contributed by atoms with Gasteiger partial charge in [0.05, 0.1) is 4.92 Å². The van der Waals surface area contributed by atoms with Crippen molar-refractivity contribution in [3.63, 3.8) is 0 Å².